The highest BCUT2D eigenvalue weighted by Crippen LogP contribution is 2.40. The Labute approximate surface area is 188 Å². The number of hydrogen-bond acceptors (Lipinski definition) is 7. The van der Waals surface area contributed by atoms with E-state index in [4.69, 9.17) is 10.7 Å². The number of thioether (sulfide) groups is 1. The number of nitrogens with two attached hydrogens (primary N) is 1. The molecule has 5 rings (SSSR count). The Kier molecular flexibility index (Phi) is 4.90. The molecule has 1 aromatic carbocycles. The minimum atomic E-state index is -0.997. The molecule has 2 aromatic heterocycles. The van der Waals surface area contributed by atoms with Gasteiger partial charge in [-0.3, -0.25) is 14.5 Å². The van der Waals surface area contributed by atoms with E-state index in [2.05, 4.69) is 10.3 Å². The fourth-order valence-corrected chi connectivity index (χ4v) is 6.35. The van der Waals surface area contributed by atoms with Gasteiger partial charge in [-0.2, -0.15) is 0 Å². The molecule has 3 heterocycles. The number of thiophene rings is 1. The van der Waals surface area contributed by atoms with Crippen LogP contribution in [0.2, 0.25) is 0 Å². The molecule has 3 aromatic rings. The lowest BCUT2D eigenvalue weighted by atomic mass is 9.96. The van der Waals surface area contributed by atoms with Crippen molar-refractivity contribution in [2.75, 3.05) is 21.7 Å². The van der Waals surface area contributed by atoms with E-state index in [1.165, 1.54) is 35.0 Å². The average molecular weight is 454 g/mol. The second kappa shape index (κ2) is 7.49. The van der Waals surface area contributed by atoms with Crippen molar-refractivity contribution in [2.45, 2.75) is 50.2 Å². The number of carbonyl (C=O) groups excluding carboxylic acids is 2. The Bertz CT molecular complexity index is 1220. The zero-order chi connectivity index (χ0) is 21.8. The predicted molar refractivity (Wildman–Crippen MR) is 126 cm³/mol. The van der Waals surface area contributed by atoms with Crippen LogP contribution >= 0.6 is 23.1 Å². The molecule has 1 aliphatic carbocycles. The minimum Gasteiger partial charge on any atom is -0.383 e. The lowest BCUT2D eigenvalue weighted by Crippen LogP contribution is -2.58. The largest absolute Gasteiger partial charge is 0.383 e. The molecule has 0 fully saturated rings. The maximum absolute atomic E-state index is 13.2. The van der Waals surface area contributed by atoms with Crippen molar-refractivity contribution in [2.24, 2.45) is 0 Å². The molecule has 31 heavy (non-hydrogen) atoms. The fraction of sp³-hybridized carbons (Fsp3) is 0.364. The summed E-state index contributed by atoms with van der Waals surface area (Å²) in [6, 6.07) is 7.33. The molecular formula is C22H23N5O2S2. The Morgan fingerprint density at radius 3 is 2.87 bits per heavy atom. The minimum absolute atomic E-state index is 0.112. The monoisotopic (exact) mass is 453 g/mol. The first-order chi connectivity index (χ1) is 14.9. The van der Waals surface area contributed by atoms with Crippen LogP contribution in [-0.2, 0) is 22.4 Å². The van der Waals surface area contributed by atoms with Gasteiger partial charge in [-0.05, 0) is 57.2 Å². The number of nitrogens with zero attached hydrogens (tertiary/aromatic N) is 3. The number of hydrogen-bond donors (Lipinski definition) is 2. The summed E-state index contributed by atoms with van der Waals surface area (Å²) in [5.41, 5.74) is 7.93. The number of aromatic nitrogens is 2. The third kappa shape index (κ3) is 3.36. The Morgan fingerprint density at radius 1 is 1.26 bits per heavy atom. The van der Waals surface area contributed by atoms with Crippen LogP contribution in [0.4, 0.5) is 17.2 Å². The van der Waals surface area contributed by atoms with Crippen LogP contribution in [0.5, 0.6) is 0 Å². The molecule has 7 nitrogen and oxygen atoms in total. The van der Waals surface area contributed by atoms with Crippen LogP contribution in [0.3, 0.4) is 0 Å². The lowest BCUT2D eigenvalue weighted by Gasteiger charge is -2.42. The summed E-state index contributed by atoms with van der Waals surface area (Å²) in [6.07, 6.45) is 4.47. The molecule has 1 aliphatic heterocycles. The van der Waals surface area contributed by atoms with E-state index < -0.39 is 5.54 Å². The molecule has 160 valence electrons. The number of nitrogen functional groups attached to an aromatic ring is 1. The van der Waals surface area contributed by atoms with Crippen molar-refractivity contribution in [3.05, 3.63) is 34.7 Å². The van der Waals surface area contributed by atoms with Gasteiger partial charge in [0.25, 0.3) is 0 Å². The number of anilines is 3. The van der Waals surface area contributed by atoms with Crippen molar-refractivity contribution < 1.29 is 9.59 Å². The molecule has 0 spiro atoms. The van der Waals surface area contributed by atoms with Gasteiger partial charge in [-0.15, -0.1) is 11.3 Å². The second-order valence-electron chi connectivity index (χ2n) is 8.33. The molecule has 2 amide bonds. The summed E-state index contributed by atoms with van der Waals surface area (Å²) in [6.45, 7) is 3.50. The van der Waals surface area contributed by atoms with E-state index in [1.54, 1.807) is 36.2 Å². The molecule has 0 radical (unpaired) electrons. The van der Waals surface area contributed by atoms with E-state index in [9.17, 15) is 9.59 Å². The first kappa shape index (κ1) is 20.3. The van der Waals surface area contributed by atoms with Gasteiger partial charge in [0.05, 0.1) is 22.5 Å². The second-order valence-corrected chi connectivity index (χ2v) is 10.4. The van der Waals surface area contributed by atoms with Crippen molar-refractivity contribution in [3.63, 3.8) is 0 Å². The van der Waals surface area contributed by atoms with Gasteiger partial charge >= 0.3 is 0 Å². The standard InChI is InChI=1S/C22H23N5O2S2/c1-22(2)20(29)24-13-8-4-5-9-14(13)27(22)16(28)11-30-21-25-18(23)17-12-7-3-6-10-15(12)31-19(17)26-21/h4-5,8-9H,3,6-7,10-11H2,1-2H3,(H,24,29)(H2,23,25,26). The van der Waals surface area contributed by atoms with Crippen molar-refractivity contribution >= 4 is 62.3 Å². The summed E-state index contributed by atoms with van der Waals surface area (Å²) in [5.74, 6) is 0.212. The quantitative estimate of drug-likeness (QED) is 0.459. The Hall–Kier alpha value is -2.65. The number of para-hydroxylation sites is 2. The molecule has 2 aliphatic rings. The summed E-state index contributed by atoms with van der Waals surface area (Å²) < 4.78 is 0. The topological polar surface area (TPSA) is 101 Å². The molecule has 9 heteroatoms. The smallest absolute Gasteiger partial charge is 0.250 e. The van der Waals surface area contributed by atoms with Crippen LogP contribution in [0.25, 0.3) is 10.2 Å². The van der Waals surface area contributed by atoms with Gasteiger partial charge in [-0.1, -0.05) is 23.9 Å². The number of fused-ring (bicyclic) bond motifs is 4. The van der Waals surface area contributed by atoms with Crippen LogP contribution in [0, 0.1) is 0 Å². The van der Waals surface area contributed by atoms with Crippen LogP contribution < -0.4 is 16.0 Å². The number of benzene rings is 1. The molecule has 0 atom stereocenters. The third-order valence-corrected chi connectivity index (χ3v) is 7.92. The summed E-state index contributed by atoms with van der Waals surface area (Å²) in [5, 5.41) is 4.36. The highest BCUT2D eigenvalue weighted by atomic mass is 32.2. The predicted octanol–water partition coefficient (Wildman–Crippen LogP) is 4.01. The zero-order valence-electron chi connectivity index (χ0n) is 17.4. The molecule has 0 bridgehead atoms. The van der Waals surface area contributed by atoms with Gasteiger partial charge in [0, 0.05) is 4.88 Å². The SMILES string of the molecule is CC1(C)C(=O)Nc2ccccc2N1C(=O)CSc1nc(N)c2c3c(sc2n1)CCCC3. The molecule has 3 N–H and O–H groups in total. The maximum Gasteiger partial charge on any atom is 0.250 e. The first-order valence-electron chi connectivity index (χ1n) is 10.3. The fourth-order valence-electron chi connectivity index (χ4n) is 4.32. The van der Waals surface area contributed by atoms with Gasteiger partial charge in [-0.25, -0.2) is 9.97 Å². The van der Waals surface area contributed by atoms with Gasteiger partial charge in [0.1, 0.15) is 16.2 Å². The maximum atomic E-state index is 13.2. The highest BCUT2D eigenvalue weighted by Gasteiger charge is 2.43. The Balaban J connectivity index is 1.41. The summed E-state index contributed by atoms with van der Waals surface area (Å²) in [4.78, 5) is 38.9. The van der Waals surface area contributed by atoms with E-state index >= 15 is 0 Å². The van der Waals surface area contributed by atoms with E-state index in [0.717, 1.165) is 23.1 Å². The molecule has 0 saturated carbocycles. The van der Waals surface area contributed by atoms with Crippen LogP contribution in [-0.4, -0.2) is 33.1 Å². The number of carbonyl (C=O) groups is 2. The van der Waals surface area contributed by atoms with Crippen molar-refractivity contribution in [3.8, 4) is 0 Å². The van der Waals surface area contributed by atoms with Crippen LogP contribution in [0.15, 0.2) is 29.4 Å². The molecular weight excluding hydrogens is 430 g/mol. The normalized spacial score (nSPS) is 17.2. The van der Waals surface area contributed by atoms with Gasteiger partial charge < -0.3 is 11.1 Å². The number of amides is 2. The zero-order valence-corrected chi connectivity index (χ0v) is 19.0. The summed E-state index contributed by atoms with van der Waals surface area (Å²) >= 11 is 2.94. The van der Waals surface area contributed by atoms with E-state index in [1.807, 2.05) is 18.2 Å². The van der Waals surface area contributed by atoms with E-state index in [-0.39, 0.29) is 17.6 Å². The van der Waals surface area contributed by atoms with Gasteiger partial charge in [0.2, 0.25) is 11.8 Å². The molecule has 0 saturated heterocycles. The summed E-state index contributed by atoms with van der Waals surface area (Å²) in [7, 11) is 0. The van der Waals surface area contributed by atoms with Crippen LogP contribution in [0.1, 0.15) is 37.1 Å². The highest BCUT2D eigenvalue weighted by molar-refractivity contribution is 7.99. The third-order valence-electron chi connectivity index (χ3n) is 5.90. The van der Waals surface area contributed by atoms with E-state index in [0.29, 0.717) is 22.3 Å². The van der Waals surface area contributed by atoms with Crippen molar-refractivity contribution in [1.82, 2.24) is 9.97 Å². The first-order valence-corrected chi connectivity index (χ1v) is 12.1. The molecule has 0 unspecified atom stereocenters. The van der Waals surface area contributed by atoms with Gasteiger partial charge in [0.15, 0.2) is 5.16 Å². The number of aryl methyl sites for hydroxylation is 2. The number of nitrogens with one attached hydrogen (secondary N) is 1. The Morgan fingerprint density at radius 2 is 2.03 bits per heavy atom. The number of rotatable bonds is 3. The van der Waals surface area contributed by atoms with Crippen molar-refractivity contribution in [1.29, 1.82) is 0 Å². The average Bonchev–Trinajstić information content (AvgIpc) is 3.11. The lowest BCUT2D eigenvalue weighted by molar-refractivity contribution is -0.125.